The van der Waals surface area contributed by atoms with Gasteiger partial charge in [0.2, 0.25) is 0 Å². The van der Waals surface area contributed by atoms with Crippen LogP contribution >= 0.6 is 0 Å². The van der Waals surface area contributed by atoms with E-state index in [0.717, 1.165) is 10.5 Å². The van der Waals surface area contributed by atoms with E-state index in [0.29, 0.717) is 17.8 Å². The lowest BCUT2D eigenvalue weighted by Gasteiger charge is -2.14. The van der Waals surface area contributed by atoms with Crippen molar-refractivity contribution in [3.63, 3.8) is 0 Å². The van der Waals surface area contributed by atoms with Crippen LogP contribution in [-0.2, 0) is 6.54 Å². The second-order valence-electron chi connectivity index (χ2n) is 6.06. The Morgan fingerprint density at radius 1 is 0.926 bits per heavy atom. The van der Waals surface area contributed by atoms with E-state index in [9.17, 15) is 14.4 Å². The number of nitrogens with zero attached hydrogens (tertiary/aromatic N) is 2. The first-order valence-electron chi connectivity index (χ1n) is 8.41. The maximum Gasteiger partial charge on any atom is 0.284 e. The summed E-state index contributed by atoms with van der Waals surface area (Å²) in [7, 11) is 0. The largest absolute Gasteiger partial charge is 0.348 e. The minimum atomic E-state index is -0.488. The lowest BCUT2D eigenvalue weighted by atomic mass is 10.1. The van der Waals surface area contributed by atoms with Gasteiger partial charge in [0.1, 0.15) is 5.69 Å². The number of anilines is 1. The van der Waals surface area contributed by atoms with Crippen LogP contribution in [0.25, 0.3) is 0 Å². The Hall–Kier alpha value is -3.80. The molecule has 0 saturated carbocycles. The number of hydrogen-bond donors (Lipinski definition) is 1. The summed E-state index contributed by atoms with van der Waals surface area (Å²) in [5.41, 5.74) is 2.08. The summed E-state index contributed by atoms with van der Waals surface area (Å²) in [6.45, 7) is 0.390. The number of aromatic nitrogens is 1. The van der Waals surface area contributed by atoms with Crippen LogP contribution in [0, 0.1) is 0 Å². The van der Waals surface area contributed by atoms with Crippen LogP contribution in [0.5, 0.6) is 0 Å². The molecule has 0 fully saturated rings. The number of benzene rings is 2. The van der Waals surface area contributed by atoms with Gasteiger partial charge in [0.15, 0.2) is 0 Å². The van der Waals surface area contributed by atoms with Crippen LogP contribution in [-0.4, -0.2) is 22.7 Å². The molecule has 132 valence electrons. The molecule has 0 bridgehead atoms. The fourth-order valence-corrected chi connectivity index (χ4v) is 2.97. The number of carbonyl (C=O) groups excluding carboxylic acids is 3. The van der Waals surface area contributed by atoms with Crippen molar-refractivity contribution < 1.29 is 14.4 Å². The summed E-state index contributed by atoms with van der Waals surface area (Å²) in [5.74, 6) is -1.21. The quantitative estimate of drug-likeness (QED) is 0.728. The van der Waals surface area contributed by atoms with Gasteiger partial charge < -0.3 is 5.32 Å². The Bertz CT molecular complexity index is 1010. The zero-order valence-corrected chi connectivity index (χ0v) is 14.3. The normalized spacial score (nSPS) is 12.8. The lowest BCUT2D eigenvalue weighted by molar-refractivity contribution is 0.0918. The zero-order valence-electron chi connectivity index (χ0n) is 14.3. The van der Waals surface area contributed by atoms with Gasteiger partial charge in [-0.1, -0.05) is 36.4 Å². The number of imide groups is 1. The molecule has 2 aromatic carbocycles. The fraction of sp³-hybridized carbons (Fsp3) is 0.0476. The predicted octanol–water partition coefficient (Wildman–Crippen LogP) is 2.81. The molecule has 0 aliphatic carbocycles. The van der Waals surface area contributed by atoms with Crippen LogP contribution in [0.15, 0.2) is 72.9 Å². The highest BCUT2D eigenvalue weighted by atomic mass is 16.2. The molecule has 3 aromatic rings. The monoisotopic (exact) mass is 357 g/mol. The summed E-state index contributed by atoms with van der Waals surface area (Å²) in [6.07, 6.45) is 1.47. The summed E-state index contributed by atoms with van der Waals surface area (Å²) in [6, 6.07) is 19.2. The van der Waals surface area contributed by atoms with Crippen molar-refractivity contribution in [1.29, 1.82) is 0 Å². The number of nitrogens with one attached hydrogen (secondary N) is 1. The van der Waals surface area contributed by atoms with Crippen molar-refractivity contribution in [2.24, 2.45) is 0 Å². The Kier molecular flexibility index (Phi) is 4.22. The SMILES string of the molecule is O=C(NCc1ccccc1)c1cccc(N2C(=O)c3cccnc3C2=O)c1. The maximum absolute atomic E-state index is 12.6. The average molecular weight is 357 g/mol. The standard InChI is InChI=1S/C21H15N3O3/c25-19(23-13-14-6-2-1-3-7-14)15-8-4-9-16(12-15)24-20(26)17-10-5-11-22-18(17)21(24)27/h1-12H,13H2,(H,23,25). The van der Waals surface area contributed by atoms with Crippen LogP contribution in [0.3, 0.4) is 0 Å². The highest BCUT2D eigenvalue weighted by Gasteiger charge is 2.37. The van der Waals surface area contributed by atoms with Crippen molar-refractivity contribution in [3.05, 3.63) is 95.3 Å². The van der Waals surface area contributed by atoms with E-state index in [2.05, 4.69) is 10.3 Å². The summed E-state index contributed by atoms with van der Waals surface area (Å²) in [5, 5.41) is 2.83. The first-order valence-corrected chi connectivity index (χ1v) is 8.41. The Balaban J connectivity index is 1.56. The molecule has 0 radical (unpaired) electrons. The van der Waals surface area contributed by atoms with Gasteiger partial charge in [0.05, 0.1) is 11.3 Å². The minimum Gasteiger partial charge on any atom is -0.348 e. The number of pyridine rings is 1. The third-order valence-corrected chi connectivity index (χ3v) is 4.31. The van der Waals surface area contributed by atoms with Crippen molar-refractivity contribution in [2.45, 2.75) is 6.54 Å². The number of hydrogen-bond acceptors (Lipinski definition) is 4. The van der Waals surface area contributed by atoms with E-state index in [1.807, 2.05) is 30.3 Å². The minimum absolute atomic E-state index is 0.126. The van der Waals surface area contributed by atoms with Gasteiger partial charge in [-0.25, -0.2) is 4.90 Å². The van der Waals surface area contributed by atoms with E-state index in [1.165, 1.54) is 12.3 Å². The molecule has 1 N–H and O–H groups in total. The molecule has 0 saturated heterocycles. The molecule has 3 amide bonds. The molecule has 1 aromatic heterocycles. The molecule has 27 heavy (non-hydrogen) atoms. The summed E-state index contributed by atoms with van der Waals surface area (Å²) >= 11 is 0. The molecule has 1 aliphatic rings. The van der Waals surface area contributed by atoms with Crippen molar-refractivity contribution in [2.75, 3.05) is 4.90 Å². The maximum atomic E-state index is 12.6. The number of carbonyl (C=O) groups is 3. The predicted molar refractivity (Wildman–Crippen MR) is 99.4 cm³/mol. The fourth-order valence-electron chi connectivity index (χ4n) is 2.97. The third kappa shape index (κ3) is 3.08. The molecular formula is C21H15N3O3. The third-order valence-electron chi connectivity index (χ3n) is 4.31. The van der Waals surface area contributed by atoms with Crippen LogP contribution in [0.1, 0.15) is 36.8 Å². The van der Waals surface area contributed by atoms with Gasteiger partial charge in [0, 0.05) is 18.3 Å². The molecule has 4 rings (SSSR count). The molecule has 2 heterocycles. The van der Waals surface area contributed by atoms with E-state index >= 15 is 0 Å². The molecular weight excluding hydrogens is 342 g/mol. The second kappa shape index (κ2) is 6.84. The highest BCUT2D eigenvalue weighted by molar-refractivity contribution is 6.33. The molecule has 0 spiro atoms. The van der Waals surface area contributed by atoms with Gasteiger partial charge in [-0.05, 0) is 35.9 Å². The first kappa shape index (κ1) is 16.7. The van der Waals surface area contributed by atoms with Crippen molar-refractivity contribution >= 4 is 23.4 Å². The summed E-state index contributed by atoms with van der Waals surface area (Å²) < 4.78 is 0. The molecule has 6 heteroatoms. The Morgan fingerprint density at radius 3 is 2.52 bits per heavy atom. The topological polar surface area (TPSA) is 79.4 Å². The van der Waals surface area contributed by atoms with Crippen LogP contribution < -0.4 is 10.2 Å². The van der Waals surface area contributed by atoms with Gasteiger partial charge >= 0.3 is 0 Å². The molecule has 1 aliphatic heterocycles. The van der Waals surface area contributed by atoms with Crippen LogP contribution in [0.4, 0.5) is 5.69 Å². The Morgan fingerprint density at radius 2 is 1.74 bits per heavy atom. The van der Waals surface area contributed by atoms with E-state index in [4.69, 9.17) is 0 Å². The van der Waals surface area contributed by atoms with Gasteiger partial charge in [-0.15, -0.1) is 0 Å². The van der Waals surface area contributed by atoms with E-state index < -0.39 is 11.8 Å². The van der Waals surface area contributed by atoms with Crippen molar-refractivity contribution in [3.8, 4) is 0 Å². The molecule has 6 nitrogen and oxygen atoms in total. The molecule has 0 atom stereocenters. The van der Waals surface area contributed by atoms with Crippen LogP contribution in [0.2, 0.25) is 0 Å². The van der Waals surface area contributed by atoms with E-state index in [-0.39, 0.29) is 17.2 Å². The van der Waals surface area contributed by atoms with Gasteiger partial charge in [0.25, 0.3) is 17.7 Å². The van der Waals surface area contributed by atoms with Gasteiger partial charge in [-0.3, -0.25) is 19.4 Å². The summed E-state index contributed by atoms with van der Waals surface area (Å²) in [4.78, 5) is 42.6. The average Bonchev–Trinajstić information content (AvgIpc) is 2.98. The van der Waals surface area contributed by atoms with E-state index in [1.54, 1.807) is 30.3 Å². The Labute approximate surface area is 155 Å². The first-order chi connectivity index (χ1) is 13.1. The second-order valence-corrected chi connectivity index (χ2v) is 6.06. The number of rotatable bonds is 4. The number of amides is 3. The smallest absolute Gasteiger partial charge is 0.284 e. The lowest BCUT2D eigenvalue weighted by Crippen LogP contribution is -2.30. The molecule has 0 unspecified atom stereocenters. The number of fused-ring (bicyclic) bond motifs is 1. The van der Waals surface area contributed by atoms with Crippen molar-refractivity contribution in [1.82, 2.24) is 10.3 Å². The zero-order chi connectivity index (χ0) is 18.8. The van der Waals surface area contributed by atoms with Gasteiger partial charge in [-0.2, -0.15) is 0 Å². The highest BCUT2D eigenvalue weighted by Crippen LogP contribution is 2.27.